The molecule has 2 aromatic rings. The van der Waals surface area contributed by atoms with E-state index >= 15 is 0 Å². The molecule has 4 N–H and O–H groups in total. The third-order valence-corrected chi connectivity index (χ3v) is 4.35. The molecule has 0 spiro atoms. The zero-order valence-electron chi connectivity index (χ0n) is 11.9. The number of nitrogens with two attached hydrogens (primary N) is 1. The maximum absolute atomic E-state index is 12.5. The van der Waals surface area contributed by atoms with Crippen LogP contribution in [0.2, 0.25) is 0 Å². The van der Waals surface area contributed by atoms with E-state index in [0.29, 0.717) is 5.69 Å². The molecule has 21 heavy (non-hydrogen) atoms. The summed E-state index contributed by atoms with van der Waals surface area (Å²) in [7, 11) is 0. The van der Waals surface area contributed by atoms with Gasteiger partial charge in [0.2, 0.25) is 5.91 Å². The van der Waals surface area contributed by atoms with E-state index in [2.05, 4.69) is 5.32 Å². The summed E-state index contributed by atoms with van der Waals surface area (Å²) in [6, 6.07) is 10.8. The highest BCUT2D eigenvalue weighted by molar-refractivity contribution is 6.06. The third-order valence-electron chi connectivity index (χ3n) is 4.35. The highest BCUT2D eigenvalue weighted by Crippen LogP contribution is 2.32. The number of phenols is 1. The van der Waals surface area contributed by atoms with Crippen LogP contribution in [0.5, 0.6) is 5.75 Å². The number of anilines is 1. The number of hydrogen-bond acceptors (Lipinski definition) is 3. The first-order valence-corrected chi connectivity index (χ1v) is 7.41. The maximum Gasteiger partial charge on any atom is 0.244 e. The maximum atomic E-state index is 12.5. The summed E-state index contributed by atoms with van der Waals surface area (Å²) >= 11 is 0. The van der Waals surface area contributed by atoms with Gasteiger partial charge < -0.3 is 16.2 Å². The molecule has 0 saturated heterocycles. The Bertz CT molecular complexity index is 676. The second-order valence-electron chi connectivity index (χ2n) is 5.85. The molecule has 0 heterocycles. The summed E-state index contributed by atoms with van der Waals surface area (Å²) in [5, 5.41) is 14.4. The number of nitrogens with one attached hydrogen (secondary N) is 1. The topological polar surface area (TPSA) is 75.4 Å². The predicted molar refractivity (Wildman–Crippen MR) is 84.2 cm³/mol. The highest BCUT2D eigenvalue weighted by Gasteiger charge is 2.35. The van der Waals surface area contributed by atoms with E-state index in [9.17, 15) is 9.90 Å². The lowest BCUT2D eigenvalue weighted by molar-refractivity contribution is -0.122. The summed E-state index contributed by atoms with van der Waals surface area (Å²) in [5.74, 6) is 0.0850. The van der Waals surface area contributed by atoms with E-state index in [0.717, 1.165) is 42.9 Å². The van der Waals surface area contributed by atoms with Crippen molar-refractivity contribution >= 4 is 22.4 Å². The molecule has 0 aliphatic heterocycles. The molecule has 1 fully saturated rings. The fourth-order valence-electron chi connectivity index (χ4n) is 3.06. The number of fused-ring (bicyclic) bond motifs is 1. The van der Waals surface area contributed by atoms with Gasteiger partial charge in [-0.1, -0.05) is 43.5 Å². The van der Waals surface area contributed by atoms with Crippen molar-refractivity contribution in [1.29, 1.82) is 0 Å². The second-order valence-corrected chi connectivity index (χ2v) is 5.85. The van der Waals surface area contributed by atoms with Crippen LogP contribution in [0.3, 0.4) is 0 Å². The van der Waals surface area contributed by atoms with Crippen LogP contribution in [0.1, 0.15) is 32.1 Å². The summed E-state index contributed by atoms with van der Waals surface area (Å²) < 4.78 is 0. The Kier molecular flexibility index (Phi) is 3.55. The number of carbonyl (C=O) groups excluding carboxylic acids is 1. The van der Waals surface area contributed by atoms with Crippen molar-refractivity contribution in [2.75, 3.05) is 5.32 Å². The number of rotatable bonds is 2. The molecule has 0 aromatic heterocycles. The number of benzene rings is 2. The Morgan fingerprint density at radius 3 is 2.48 bits per heavy atom. The molecule has 0 radical (unpaired) electrons. The van der Waals surface area contributed by atoms with Crippen LogP contribution in [-0.4, -0.2) is 16.6 Å². The molecule has 3 rings (SSSR count). The fourth-order valence-corrected chi connectivity index (χ4v) is 3.06. The van der Waals surface area contributed by atoms with E-state index in [-0.39, 0.29) is 11.7 Å². The molecule has 0 unspecified atom stereocenters. The van der Waals surface area contributed by atoms with E-state index in [1.165, 1.54) is 0 Å². The summed E-state index contributed by atoms with van der Waals surface area (Å²) in [6.07, 6.45) is 4.61. The van der Waals surface area contributed by atoms with Gasteiger partial charge in [0.15, 0.2) is 0 Å². The zero-order chi connectivity index (χ0) is 14.9. The highest BCUT2D eigenvalue weighted by atomic mass is 16.3. The molecule has 0 atom stereocenters. The monoisotopic (exact) mass is 284 g/mol. The number of phenolic OH excluding ortho intramolecular Hbond substituents is 1. The third kappa shape index (κ3) is 2.59. The largest absolute Gasteiger partial charge is 0.507 e. The van der Waals surface area contributed by atoms with Crippen LogP contribution in [0.25, 0.3) is 10.8 Å². The Morgan fingerprint density at radius 1 is 1.05 bits per heavy atom. The van der Waals surface area contributed by atoms with Crippen molar-refractivity contribution in [3.05, 3.63) is 36.4 Å². The Labute approximate surface area is 124 Å². The van der Waals surface area contributed by atoms with Gasteiger partial charge in [-0.2, -0.15) is 0 Å². The molecule has 1 aliphatic rings. The Morgan fingerprint density at radius 2 is 1.71 bits per heavy atom. The fraction of sp³-hybridized carbons (Fsp3) is 0.353. The van der Waals surface area contributed by atoms with Gasteiger partial charge in [-0.15, -0.1) is 0 Å². The Balaban J connectivity index is 1.91. The summed E-state index contributed by atoms with van der Waals surface area (Å²) in [5.41, 5.74) is 6.19. The first kappa shape index (κ1) is 13.9. The number of carbonyl (C=O) groups is 1. The van der Waals surface area contributed by atoms with Crippen molar-refractivity contribution in [3.8, 4) is 5.75 Å². The van der Waals surface area contributed by atoms with Crippen molar-refractivity contribution in [2.24, 2.45) is 5.73 Å². The number of hydrogen-bond donors (Lipinski definition) is 3. The molecule has 0 bridgehead atoms. The molecular formula is C17H20N2O2. The SMILES string of the molecule is NC1(C(=O)Nc2cccc3c(O)cccc23)CCCCC1. The standard InChI is InChI=1S/C17H20N2O2/c18-17(10-2-1-3-11-17)16(21)19-14-8-4-7-13-12(14)6-5-9-15(13)20/h4-9,20H,1-3,10-11,18H2,(H,19,21). The van der Waals surface area contributed by atoms with E-state index in [1.54, 1.807) is 12.1 Å². The molecule has 110 valence electrons. The lowest BCUT2D eigenvalue weighted by atomic mass is 9.82. The minimum atomic E-state index is -0.767. The van der Waals surface area contributed by atoms with E-state index < -0.39 is 5.54 Å². The molecule has 1 aliphatic carbocycles. The number of aromatic hydroxyl groups is 1. The van der Waals surface area contributed by atoms with Gasteiger partial charge in [0, 0.05) is 16.5 Å². The first-order valence-electron chi connectivity index (χ1n) is 7.41. The van der Waals surface area contributed by atoms with Crippen molar-refractivity contribution in [2.45, 2.75) is 37.6 Å². The molecule has 4 nitrogen and oxygen atoms in total. The van der Waals surface area contributed by atoms with Gasteiger partial charge in [-0.3, -0.25) is 4.79 Å². The minimum Gasteiger partial charge on any atom is -0.507 e. The predicted octanol–water partition coefficient (Wildman–Crippen LogP) is 3.15. The van der Waals surface area contributed by atoms with E-state index in [1.807, 2.05) is 24.3 Å². The summed E-state index contributed by atoms with van der Waals surface area (Å²) in [4.78, 5) is 12.5. The van der Waals surface area contributed by atoms with Crippen molar-refractivity contribution < 1.29 is 9.90 Å². The smallest absolute Gasteiger partial charge is 0.244 e. The number of amides is 1. The molecule has 4 heteroatoms. The average Bonchev–Trinajstić information content (AvgIpc) is 2.49. The molecule has 1 saturated carbocycles. The van der Waals surface area contributed by atoms with Gasteiger partial charge in [0.1, 0.15) is 5.75 Å². The van der Waals surface area contributed by atoms with Gasteiger partial charge in [-0.05, 0) is 25.0 Å². The minimum absolute atomic E-state index is 0.127. The van der Waals surface area contributed by atoms with Gasteiger partial charge in [0.05, 0.1) is 5.54 Å². The lowest BCUT2D eigenvalue weighted by Crippen LogP contribution is -2.52. The molecular weight excluding hydrogens is 264 g/mol. The average molecular weight is 284 g/mol. The second kappa shape index (κ2) is 5.37. The zero-order valence-corrected chi connectivity index (χ0v) is 11.9. The van der Waals surface area contributed by atoms with Crippen LogP contribution >= 0.6 is 0 Å². The van der Waals surface area contributed by atoms with Gasteiger partial charge in [0.25, 0.3) is 0 Å². The van der Waals surface area contributed by atoms with Crippen LogP contribution < -0.4 is 11.1 Å². The van der Waals surface area contributed by atoms with Crippen LogP contribution in [0.4, 0.5) is 5.69 Å². The van der Waals surface area contributed by atoms with Gasteiger partial charge in [-0.25, -0.2) is 0 Å². The van der Waals surface area contributed by atoms with Crippen molar-refractivity contribution in [1.82, 2.24) is 0 Å². The summed E-state index contributed by atoms with van der Waals surface area (Å²) in [6.45, 7) is 0. The lowest BCUT2D eigenvalue weighted by Gasteiger charge is -2.32. The molecule has 1 amide bonds. The Hall–Kier alpha value is -2.07. The van der Waals surface area contributed by atoms with Crippen LogP contribution in [-0.2, 0) is 4.79 Å². The molecule has 2 aromatic carbocycles. The quantitative estimate of drug-likeness (QED) is 0.793. The van der Waals surface area contributed by atoms with Crippen LogP contribution in [0.15, 0.2) is 36.4 Å². The van der Waals surface area contributed by atoms with Crippen LogP contribution in [0, 0.1) is 0 Å². The first-order chi connectivity index (χ1) is 10.1. The van der Waals surface area contributed by atoms with Crippen molar-refractivity contribution in [3.63, 3.8) is 0 Å². The normalized spacial score (nSPS) is 17.6. The van der Waals surface area contributed by atoms with E-state index in [4.69, 9.17) is 5.73 Å². The van der Waals surface area contributed by atoms with Gasteiger partial charge >= 0.3 is 0 Å².